The van der Waals surface area contributed by atoms with Crippen LogP contribution in [0.15, 0.2) is 45.4 Å². The molecule has 2 aromatic heterocycles. The first kappa shape index (κ1) is 19.2. The molecule has 0 fully saturated rings. The molecule has 3 heterocycles. The van der Waals surface area contributed by atoms with Crippen LogP contribution in [0.4, 0.5) is 0 Å². The number of benzene rings is 1. The maximum absolute atomic E-state index is 12.7. The average molecular weight is 415 g/mol. The van der Waals surface area contributed by atoms with E-state index in [4.69, 9.17) is 9.68 Å². The monoisotopic (exact) mass is 415 g/mol. The van der Waals surface area contributed by atoms with Crippen molar-refractivity contribution in [3.05, 3.63) is 51.6 Å². The number of hydrogen-bond donors (Lipinski definition) is 0. The molecule has 0 saturated heterocycles. The summed E-state index contributed by atoms with van der Waals surface area (Å²) in [5, 5.41) is 18.7. The van der Waals surface area contributed by atoms with Crippen LogP contribution in [0.1, 0.15) is 24.4 Å². The summed E-state index contributed by atoms with van der Waals surface area (Å²) in [6.45, 7) is 3.42. The van der Waals surface area contributed by atoms with Crippen molar-refractivity contribution in [2.75, 3.05) is 6.54 Å². The molecule has 8 nitrogen and oxygen atoms in total. The summed E-state index contributed by atoms with van der Waals surface area (Å²) in [5.74, 6) is -0.662. The first-order chi connectivity index (χ1) is 14.5. The molecule has 30 heavy (non-hydrogen) atoms. The molecule has 0 saturated carbocycles. The molecule has 1 aliphatic heterocycles. The van der Waals surface area contributed by atoms with Gasteiger partial charge in [0.05, 0.1) is 11.6 Å². The molecular weight excluding hydrogens is 402 g/mol. The van der Waals surface area contributed by atoms with E-state index in [1.807, 2.05) is 6.07 Å². The molecule has 4 rings (SSSR count). The van der Waals surface area contributed by atoms with Gasteiger partial charge in [-0.15, -0.1) is 0 Å². The Morgan fingerprint density at radius 1 is 1.13 bits per heavy atom. The molecule has 1 aliphatic rings. The second kappa shape index (κ2) is 7.39. The number of fused-ring (bicyclic) bond motifs is 1. The Labute approximate surface area is 175 Å². The van der Waals surface area contributed by atoms with Crippen LogP contribution in [0.3, 0.4) is 0 Å². The van der Waals surface area contributed by atoms with Crippen LogP contribution in [0.25, 0.3) is 28.1 Å². The van der Waals surface area contributed by atoms with Crippen molar-refractivity contribution in [2.24, 2.45) is 0 Å². The standard InChI is InChI=1S/C21H13N5O3S/c1-3-26-20(27)14(11(2)15(10-23)21(26)28)8-16-24-18-19(30-16)25-17(29-18)13-6-4-12(9-22)5-7-13/h4-8H,3H2,1-2H3/b14-8-. The number of nitrogens with zero attached hydrogens (tertiary/aromatic N) is 5. The Morgan fingerprint density at radius 2 is 1.87 bits per heavy atom. The predicted octanol–water partition coefficient (Wildman–Crippen LogP) is 3.44. The number of aromatic nitrogens is 2. The Bertz CT molecular complexity index is 1310. The highest BCUT2D eigenvalue weighted by Gasteiger charge is 2.34. The molecule has 0 bridgehead atoms. The Kier molecular flexibility index (Phi) is 4.74. The summed E-state index contributed by atoms with van der Waals surface area (Å²) in [5.41, 5.74) is 2.10. The van der Waals surface area contributed by atoms with Gasteiger partial charge < -0.3 is 4.42 Å². The van der Waals surface area contributed by atoms with E-state index >= 15 is 0 Å². The largest absolute Gasteiger partial charge is 0.417 e. The lowest BCUT2D eigenvalue weighted by Crippen LogP contribution is -2.42. The SMILES string of the molecule is CCN1C(=O)C(C#N)=C(C)/C(=C/c2nc3oc(-c4ccc(C#N)cc4)nc3s2)C1=O. The van der Waals surface area contributed by atoms with Gasteiger partial charge in [0.2, 0.25) is 5.89 Å². The topological polar surface area (TPSA) is 124 Å². The van der Waals surface area contributed by atoms with E-state index in [1.165, 1.54) is 11.3 Å². The molecule has 0 spiro atoms. The predicted molar refractivity (Wildman–Crippen MR) is 109 cm³/mol. The number of hydrogen-bond acceptors (Lipinski definition) is 8. The van der Waals surface area contributed by atoms with Crippen molar-refractivity contribution < 1.29 is 14.0 Å². The van der Waals surface area contributed by atoms with Crippen LogP contribution in [-0.4, -0.2) is 33.2 Å². The summed E-state index contributed by atoms with van der Waals surface area (Å²) in [6.07, 6.45) is 1.55. The zero-order valence-electron chi connectivity index (χ0n) is 16.0. The highest BCUT2D eigenvalue weighted by atomic mass is 32.1. The summed E-state index contributed by atoms with van der Waals surface area (Å²) in [6, 6.07) is 10.8. The third kappa shape index (κ3) is 3.08. The minimum absolute atomic E-state index is 0.0517. The Balaban J connectivity index is 1.72. The summed E-state index contributed by atoms with van der Waals surface area (Å²) in [4.78, 5) is 35.3. The van der Waals surface area contributed by atoms with Gasteiger partial charge in [0.25, 0.3) is 17.5 Å². The number of carbonyl (C=O) groups excluding carboxylic acids is 2. The normalized spacial score (nSPS) is 15.7. The molecule has 0 aliphatic carbocycles. The highest BCUT2D eigenvalue weighted by Crippen LogP contribution is 2.31. The molecule has 9 heteroatoms. The fourth-order valence-electron chi connectivity index (χ4n) is 3.07. The second-order valence-corrected chi connectivity index (χ2v) is 7.40. The van der Waals surface area contributed by atoms with E-state index in [0.29, 0.717) is 32.6 Å². The molecule has 2 amide bonds. The van der Waals surface area contributed by atoms with E-state index in [2.05, 4.69) is 16.0 Å². The summed E-state index contributed by atoms with van der Waals surface area (Å²) in [7, 11) is 0. The van der Waals surface area contributed by atoms with Crippen LogP contribution < -0.4 is 0 Å². The van der Waals surface area contributed by atoms with Crippen molar-refractivity contribution in [1.82, 2.24) is 14.9 Å². The molecule has 0 atom stereocenters. The van der Waals surface area contributed by atoms with E-state index in [-0.39, 0.29) is 17.7 Å². The number of likely N-dealkylation sites (N-methyl/N-ethyl adjacent to an activating group) is 1. The first-order valence-corrected chi connectivity index (χ1v) is 9.75. The summed E-state index contributed by atoms with van der Waals surface area (Å²) < 4.78 is 5.71. The van der Waals surface area contributed by atoms with Gasteiger partial charge in [0, 0.05) is 17.7 Å². The first-order valence-electron chi connectivity index (χ1n) is 8.94. The van der Waals surface area contributed by atoms with Crippen LogP contribution in [0, 0.1) is 22.7 Å². The van der Waals surface area contributed by atoms with Gasteiger partial charge in [-0.2, -0.15) is 20.5 Å². The maximum Gasteiger partial charge on any atom is 0.271 e. The van der Waals surface area contributed by atoms with E-state index in [9.17, 15) is 14.9 Å². The number of carbonyl (C=O) groups is 2. The van der Waals surface area contributed by atoms with Gasteiger partial charge in [0.15, 0.2) is 4.83 Å². The van der Waals surface area contributed by atoms with E-state index < -0.39 is 11.8 Å². The van der Waals surface area contributed by atoms with Crippen molar-refractivity contribution in [2.45, 2.75) is 13.8 Å². The van der Waals surface area contributed by atoms with Gasteiger partial charge in [-0.25, -0.2) is 0 Å². The van der Waals surface area contributed by atoms with Crippen LogP contribution in [0.5, 0.6) is 0 Å². The fourth-order valence-corrected chi connectivity index (χ4v) is 3.88. The van der Waals surface area contributed by atoms with Gasteiger partial charge in [-0.05, 0) is 49.8 Å². The molecule has 146 valence electrons. The minimum atomic E-state index is -0.582. The van der Waals surface area contributed by atoms with Crippen LogP contribution >= 0.6 is 11.3 Å². The maximum atomic E-state index is 12.7. The summed E-state index contributed by atoms with van der Waals surface area (Å²) >= 11 is 1.23. The number of rotatable bonds is 3. The average Bonchev–Trinajstić information content (AvgIpc) is 3.31. The van der Waals surface area contributed by atoms with E-state index in [1.54, 1.807) is 44.2 Å². The van der Waals surface area contributed by atoms with Crippen molar-refractivity contribution in [1.29, 1.82) is 10.5 Å². The number of amides is 2. The lowest BCUT2D eigenvalue weighted by Gasteiger charge is -2.25. The van der Waals surface area contributed by atoms with Crippen molar-refractivity contribution in [3.8, 4) is 23.6 Å². The number of thiazole rings is 1. The molecular formula is C21H13N5O3S. The van der Waals surface area contributed by atoms with Crippen LogP contribution in [-0.2, 0) is 9.59 Å². The zero-order chi connectivity index (χ0) is 21.4. The van der Waals surface area contributed by atoms with Crippen molar-refractivity contribution >= 4 is 39.8 Å². The van der Waals surface area contributed by atoms with Gasteiger partial charge >= 0.3 is 0 Å². The third-order valence-corrected chi connectivity index (χ3v) is 5.54. The molecule has 0 unspecified atom stereocenters. The van der Waals surface area contributed by atoms with Crippen molar-refractivity contribution in [3.63, 3.8) is 0 Å². The Morgan fingerprint density at radius 3 is 2.47 bits per heavy atom. The van der Waals surface area contributed by atoms with E-state index in [0.717, 1.165) is 10.5 Å². The lowest BCUT2D eigenvalue weighted by atomic mass is 9.95. The van der Waals surface area contributed by atoms with Gasteiger partial charge in [-0.3, -0.25) is 14.5 Å². The smallest absolute Gasteiger partial charge is 0.271 e. The van der Waals surface area contributed by atoms with Gasteiger partial charge in [0.1, 0.15) is 16.6 Å². The quantitative estimate of drug-likeness (QED) is 0.474. The second-order valence-electron chi connectivity index (χ2n) is 6.39. The zero-order valence-corrected chi connectivity index (χ0v) is 16.8. The lowest BCUT2D eigenvalue weighted by molar-refractivity contribution is -0.140. The fraction of sp³-hybridized carbons (Fsp3) is 0.143. The van der Waals surface area contributed by atoms with Crippen LogP contribution in [0.2, 0.25) is 0 Å². The molecule has 0 radical (unpaired) electrons. The highest BCUT2D eigenvalue weighted by molar-refractivity contribution is 7.18. The minimum Gasteiger partial charge on any atom is -0.417 e. The Hall–Kier alpha value is -4.08. The number of nitriles is 2. The molecule has 1 aromatic carbocycles. The molecule has 0 N–H and O–H groups in total. The molecule has 3 aromatic rings. The number of oxazole rings is 1. The van der Waals surface area contributed by atoms with Gasteiger partial charge in [-0.1, -0.05) is 11.3 Å². The third-order valence-electron chi connectivity index (χ3n) is 4.66. The number of imide groups is 1.